The second kappa shape index (κ2) is 3.59. The SMILES string of the molecule is Cc1c(F)cccc1-c1n[nH]c(=S)s1. The van der Waals surface area contributed by atoms with E-state index < -0.39 is 0 Å². The van der Waals surface area contributed by atoms with Crippen LogP contribution in [0.4, 0.5) is 4.39 Å². The number of aromatic nitrogens is 2. The summed E-state index contributed by atoms with van der Waals surface area (Å²) in [5, 5.41) is 7.41. The van der Waals surface area contributed by atoms with E-state index in [0.29, 0.717) is 9.52 Å². The molecule has 1 N–H and O–H groups in total. The molecular formula is C9H7FN2S2. The van der Waals surface area contributed by atoms with E-state index in [2.05, 4.69) is 10.2 Å². The van der Waals surface area contributed by atoms with E-state index >= 15 is 0 Å². The van der Waals surface area contributed by atoms with Crippen LogP contribution >= 0.6 is 23.6 Å². The number of rotatable bonds is 1. The average molecular weight is 226 g/mol. The fourth-order valence-corrected chi connectivity index (χ4v) is 2.16. The quantitative estimate of drug-likeness (QED) is 0.756. The highest BCUT2D eigenvalue weighted by atomic mass is 32.1. The van der Waals surface area contributed by atoms with E-state index in [1.54, 1.807) is 13.0 Å². The van der Waals surface area contributed by atoms with Crippen molar-refractivity contribution in [2.45, 2.75) is 6.92 Å². The highest BCUT2D eigenvalue weighted by molar-refractivity contribution is 7.73. The van der Waals surface area contributed by atoms with Gasteiger partial charge in [0.2, 0.25) is 0 Å². The molecule has 0 spiro atoms. The summed E-state index contributed by atoms with van der Waals surface area (Å²) in [6.07, 6.45) is 0. The molecule has 2 rings (SSSR count). The smallest absolute Gasteiger partial charge is 0.176 e. The summed E-state index contributed by atoms with van der Waals surface area (Å²) < 4.78 is 13.8. The van der Waals surface area contributed by atoms with Gasteiger partial charge >= 0.3 is 0 Å². The lowest BCUT2D eigenvalue weighted by Gasteiger charge is -2.01. The molecule has 2 aromatic rings. The number of hydrogen-bond acceptors (Lipinski definition) is 3. The summed E-state index contributed by atoms with van der Waals surface area (Å²) in [7, 11) is 0. The van der Waals surface area contributed by atoms with E-state index in [1.165, 1.54) is 17.4 Å². The molecule has 0 saturated heterocycles. The lowest BCUT2D eigenvalue weighted by atomic mass is 10.1. The molecular weight excluding hydrogens is 219 g/mol. The molecule has 0 amide bonds. The van der Waals surface area contributed by atoms with Crippen molar-refractivity contribution < 1.29 is 4.39 Å². The Morgan fingerprint density at radius 1 is 1.50 bits per heavy atom. The van der Waals surface area contributed by atoms with Gasteiger partial charge in [0.25, 0.3) is 0 Å². The molecule has 0 bridgehead atoms. The molecule has 1 aromatic heterocycles. The molecule has 0 aliphatic heterocycles. The van der Waals surface area contributed by atoms with Crippen LogP contribution in [0.1, 0.15) is 5.56 Å². The van der Waals surface area contributed by atoms with Gasteiger partial charge in [0.05, 0.1) is 0 Å². The molecule has 0 aliphatic carbocycles. The van der Waals surface area contributed by atoms with Gasteiger partial charge in [0.15, 0.2) is 3.95 Å². The fraction of sp³-hybridized carbons (Fsp3) is 0.111. The number of nitrogens with zero attached hydrogens (tertiary/aromatic N) is 1. The molecule has 1 heterocycles. The fourth-order valence-electron chi connectivity index (χ4n) is 1.18. The van der Waals surface area contributed by atoms with Crippen molar-refractivity contribution in [3.05, 3.63) is 33.5 Å². The van der Waals surface area contributed by atoms with E-state index in [9.17, 15) is 4.39 Å². The zero-order chi connectivity index (χ0) is 10.1. The van der Waals surface area contributed by atoms with Crippen molar-refractivity contribution in [2.75, 3.05) is 0 Å². The molecule has 0 unspecified atom stereocenters. The lowest BCUT2D eigenvalue weighted by molar-refractivity contribution is 0.619. The average Bonchev–Trinajstić information content (AvgIpc) is 2.57. The third-order valence-electron chi connectivity index (χ3n) is 1.94. The van der Waals surface area contributed by atoms with E-state index in [4.69, 9.17) is 12.2 Å². The topological polar surface area (TPSA) is 28.7 Å². The minimum Gasteiger partial charge on any atom is -0.258 e. The van der Waals surface area contributed by atoms with Gasteiger partial charge in [-0.05, 0) is 30.8 Å². The van der Waals surface area contributed by atoms with Gasteiger partial charge in [-0.15, -0.1) is 0 Å². The first-order valence-corrected chi connectivity index (χ1v) is 5.22. The Kier molecular flexibility index (Phi) is 2.43. The summed E-state index contributed by atoms with van der Waals surface area (Å²) >= 11 is 6.26. The first-order chi connectivity index (χ1) is 6.68. The van der Waals surface area contributed by atoms with Crippen molar-refractivity contribution in [1.82, 2.24) is 10.2 Å². The molecule has 14 heavy (non-hydrogen) atoms. The monoisotopic (exact) mass is 226 g/mol. The van der Waals surface area contributed by atoms with Crippen LogP contribution in [-0.4, -0.2) is 10.2 Å². The third-order valence-corrected chi connectivity index (χ3v) is 3.06. The van der Waals surface area contributed by atoms with Gasteiger partial charge < -0.3 is 0 Å². The molecule has 0 radical (unpaired) electrons. The summed E-state index contributed by atoms with van der Waals surface area (Å²) in [5.74, 6) is -0.219. The Bertz CT molecular complexity index is 516. The Labute approximate surface area is 89.4 Å². The van der Waals surface area contributed by atoms with Crippen molar-refractivity contribution >= 4 is 23.6 Å². The normalized spacial score (nSPS) is 10.4. The summed E-state index contributed by atoms with van der Waals surface area (Å²) in [4.78, 5) is 0. The predicted octanol–water partition coefficient (Wildman–Crippen LogP) is 3.32. The van der Waals surface area contributed by atoms with Gasteiger partial charge in [-0.2, -0.15) is 5.10 Å². The minimum absolute atomic E-state index is 0.219. The Morgan fingerprint density at radius 3 is 2.93 bits per heavy atom. The number of halogens is 1. The molecule has 5 heteroatoms. The number of nitrogens with one attached hydrogen (secondary N) is 1. The molecule has 2 nitrogen and oxygen atoms in total. The van der Waals surface area contributed by atoms with E-state index in [1.807, 2.05) is 6.07 Å². The van der Waals surface area contributed by atoms with Crippen molar-refractivity contribution in [2.24, 2.45) is 0 Å². The summed E-state index contributed by atoms with van der Waals surface area (Å²) in [5.41, 5.74) is 1.40. The van der Waals surface area contributed by atoms with Crippen LogP contribution in [0.2, 0.25) is 0 Å². The second-order valence-corrected chi connectivity index (χ2v) is 4.50. The van der Waals surface area contributed by atoms with Gasteiger partial charge in [0, 0.05) is 5.56 Å². The van der Waals surface area contributed by atoms with Crippen LogP contribution in [0.15, 0.2) is 18.2 Å². The summed E-state index contributed by atoms with van der Waals surface area (Å²) in [6.45, 7) is 1.73. The third kappa shape index (κ3) is 1.60. The van der Waals surface area contributed by atoms with Crippen molar-refractivity contribution in [3.63, 3.8) is 0 Å². The maximum Gasteiger partial charge on any atom is 0.176 e. The lowest BCUT2D eigenvalue weighted by Crippen LogP contribution is -1.86. The molecule has 0 atom stereocenters. The van der Waals surface area contributed by atoms with Crippen LogP contribution in [0.5, 0.6) is 0 Å². The highest BCUT2D eigenvalue weighted by Gasteiger charge is 2.08. The van der Waals surface area contributed by atoms with Crippen molar-refractivity contribution in [3.8, 4) is 10.6 Å². The largest absolute Gasteiger partial charge is 0.258 e. The Balaban J connectivity index is 2.62. The van der Waals surface area contributed by atoms with Gasteiger partial charge in [-0.25, -0.2) is 4.39 Å². The second-order valence-electron chi connectivity index (χ2n) is 2.83. The molecule has 72 valence electrons. The number of H-pyrrole nitrogens is 1. The molecule has 0 saturated carbocycles. The van der Waals surface area contributed by atoms with Gasteiger partial charge in [-0.3, -0.25) is 5.10 Å². The van der Waals surface area contributed by atoms with Crippen LogP contribution < -0.4 is 0 Å². The first-order valence-electron chi connectivity index (χ1n) is 3.99. The van der Waals surface area contributed by atoms with Crippen LogP contribution in [-0.2, 0) is 0 Å². The number of benzene rings is 1. The van der Waals surface area contributed by atoms with Crippen LogP contribution in [0.3, 0.4) is 0 Å². The Hall–Kier alpha value is -1.07. The zero-order valence-electron chi connectivity index (χ0n) is 7.37. The first kappa shape index (κ1) is 9.48. The standard InChI is InChI=1S/C9H7FN2S2/c1-5-6(3-2-4-7(5)10)8-11-12-9(13)14-8/h2-4H,1H3,(H,12,13). The highest BCUT2D eigenvalue weighted by Crippen LogP contribution is 2.26. The van der Waals surface area contributed by atoms with E-state index in [-0.39, 0.29) is 5.82 Å². The zero-order valence-corrected chi connectivity index (χ0v) is 9.01. The van der Waals surface area contributed by atoms with Gasteiger partial charge in [0.1, 0.15) is 10.8 Å². The minimum atomic E-state index is -0.219. The molecule has 0 fully saturated rings. The van der Waals surface area contributed by atoms with Crippen LogP contribution in [0.25, 0.3) is 10.6 Å². The maximum absolute atomic E-state index is 13.2. The molecule has 0 aliphatic rings. The number of aromatic amines is 1. The number of hydrogen-bond donors (Lipinski definition) is 1. The maximum atomic E-state index is 13.2. The van der Waals surface area contributed by atoms with Crippen molar-refractivity contribution in [1.29, 1.82) is 0 Å². The van der Waals surface area contributed by atoms with Crippen LogP contribution in [0, 0.1) is 16.7 Å². The summed E-state index contributed by atoms with van der Waals surface area (Å²) in [6, 6.07) is 4.94. The molecule has 1 aromatic carbocycles. The van der Waals surface area contributed by atoms with Gasteiger partial charge in [-0.1, -0.05) is 23.5 Å². The Morgan fingerprint density at radius 2 is 2.29 bits per heavy atom. The van der Waals surface area contributed by atoms with E-state index in [0.717, 1.165) is 10.6 Å². The predicted molar refractivity (Wildman–Crippen MR) is 57.4 cm³/mol.